The number of fused-ring (bicyclic) bond motifs is 3. The van der Waals surface area contributed by atoms with E-state index in [1.54, 1.807) is 0 Å². The molecule has 3 nitrogen and oxygen atoms in total. The van der Waals surface area contributed by atoms with Gasteiger partial charge in [-0.1, -0.05) is 200 Å². The largest absolute Gasteiger partial charge is 0.310 e. The molecule has 11 aromatic carbocycles. The molecule has 1 heterocycles. The number of rotatable bonds is 11. The molecule has 69 heavy (non-hydrogen) atoms. The van der Waals surface area contributed by atoms with Gasteiger partial charge in [0.05, 0.1) is 11.0 Å². The Hall–Kier alpha value is -9.18. The third-order valence-electron chi connectivity index (χ3n) is 13.2. The van der Waals surface area contributed by atoms with Crippen molar-refractivity contribution in [3.63, 3.8) is 0 Å². The zero-order valence-electron chi connectivity index (χ0n) is 38.0. The van der Waals surface area contributed by atoms with Gasteiger partial charge in [0, 0.05) is 50.6 Å². The van der Waals surface area contributed by atoms with Gasteiger partial charge in [-0.05, 0) is 129 Å². The molecular weight excluding hydrogens is 835 g/mol. The van der Waals surface area contributed by atoms with Crippen LogP contribution in [0.4, 0.5) is 34.1 Å². The molecule has 0 spiro atoms. The first-order chi connectivity index (χ1) is 34.2. The van der Waals surface area contributed by atoms with Crippen LogP contribution < -0.4 is 9.80 Å². The summed E-state index contributed by atoms with van der Waals surface area (Å²) in [5, 5.41) is 2.41. The summed E-state index contributed by atoms with van der Waals surface area (Å²) in [6.45, 7) is 0. The van der Waals surface area contributed by atoms with Crippen molar-refractivity contribution in [2.45, 2.75) is 0 Å². The van der Waals surface area contributed by atoms with Gasteiger partial charge in [-0.25, -0.2) is 0 Å². The highest BCUT2D eigenvalue weighted by Crippen LogP contribution is 2.43. The van der Waals surface area contributed by atoms with Gasteiger partial charge in [-0.2, -0.15) is 0 Å². The van der Waals surface area contributed by atoms with E-state index >= 15 is 0 Å². The molecule has 0 bridgehead atoms. The average molecular weight is 882 g/mol. The highest BCUT2D eigenvalue weighted by Gasteiger charge is 2.20. The molecule has 0 saturated heterocycles. The van der Waals surface area contributed by atoms with E-state index in [2.05, 4.69) is 299 Å². The lowest BCUT2D eigenvalue weighted by Crippen LogP contribution is -2.11. The quantitative estimate of drug-likeness (QED) is 0.128. The van der Waals surface area contributed by atoms with E-state index in [1.807, 2.05) is 0 Å². The number of hydrogen-bond donors (Lipinski definition) is 0. The molecule has 0 aliphatic heterocycles. The van der Waals surface area contributed by atoms with Crippen LogP contribution in [0, 0.1) is 0 Å². The number of anilines is 6. The van der Waals surface area contributed by atoms with E-state index < -0.39 is 0 Å². The highest BCUT2D eigenvalue weighted by molar-refractivity contribution is 6.10. The lowest BCUT2D eigenvalue weighted by atomic mass is 10.0. The minimum atomic E-state index is 1.06. The van der Waals surface area contributed by atoms with Crippen molar-refractivity contribution in [1.82, 2.24) is 4.57 Å². The van der Waals surface area contributed by atoms with Gasteiger partial charge in [0.25, 0.3) is 0 Å². The maximum Gasteiger partial charge on any atom is 0.0561 e. The summed E-state index contributed by atoms with van der Waals surface area (Å²) in [6, 6.07) is 103. The van der Waals surface area contributed by atoms with Gasteiger partial charge in [0.15, 0.2) is 0 Å². The first kappa shape index (κ1) is 41.3. The second-order valence-corrected chi connectivity index (χ2v) is 17.4. The number of aromatic nitrogens is 1. The summed E-state index contributed by atoms with van der Waals surface area (Å²) in [7, 11) is 0. The summed E-state index contributed by atoms with van der Waals surface area (Å²) < 4.78 is 2.43. The Morgan fingerprint density at radius 2 is 0.522 bits per heavy atom. The molecule has 0 saturated carbocycles. The number of nitrogens with zero attached hydrogens (tertiary/aromatic N) is 3. The van der Waals surface area contributed by atoms with E-state index in [0.29, 0.717) is 0 Å². The van der Waals surface area contributed by atoms with Crippen LogP contribution in [0.1, 0.15) is 0 Å². The third-order valence-corrected chi connectivity index (χ3v) is 13.2. The van der Waals surface area contributed by atoms with E-state index in [1.165, 1.54) is 55.3 Å². The summed E-state index contributed by atoms with van der Waals surface area (Å²) in [5.74, 6) is 0. The maximum absolute atomic E-state index is 2.43. The molecule has 326 valence electrons. The van der Waals surface area contributed by atoms with Crippen LogP contribution in [0.25, 0.3) is 72.0 Å². The van der Waals surface area contributed by atoms with Gasteiger partial charge in [-0.3, -0.25) is 0 Å². The number of benzene rings is 11. The summed E-state index contributed by atoms with van der Waals surface area (Å²) >= 11 is 0. The molecule has 0 N–H and O–H groups in total. The Morgan fingerprint density at radius 3 is 0.928 bits per heavy atom. The van der Waals surface area contributed by atoms with Crippen LogP contribution in [0.5, 0.6) is 0 Å². The van der Waals surface area contributed by atoms with Gasteiger partial charge in [-0.15, -0.1) is 0 Å². The third kappa shape index (κ3) is 8.13. The molecule has 12 rings (SSSR count). The lowest BCUT2D eigenvalue weighted by molar-refractivity contribution is 1.17. The zero-order chi connectivity index (χ0) is 45.9. The van der Waals surface area contributed by atoms with E-state index in [4.69, 9.17) is 0 Å². The molecule has 0 aliphatic carbocycles. The zero-order valence-corrected chi connectivity index (χ0v) is 38.0. The topological polar surface area (TPSA) is 11.4 Å². The number of hydrogen-bond acceptors (Lipinski definition) is 2. The Morgan fingerprint density at radius 1 is 0.203 bits per heavy atom. The molecule has 3 heteroatoms. The van der Waals surface area contributed by atoms with Crippen LogP contribution in [-0.2, 0) is 0 Å². The SMILES string of the molecule is c1ccc(-c2ccc(N(c3ccc(-c4ccccc4)cc3)c3cccc(-n4c5ccccc5c5ccc(N(c6ccc(-c7ccccc7)cc6)c6ccc(-c7ccccc7)cc6)cc54)c3)cc2)cc1. The highest BCUT2D eigenvalue weighted by atomic mass is 15.2. The molecule has 0 atom stereocenters. The van der Waals surface area contributed by atoms with Crippen molar-refractivity contribution in [2.75, 3.05) is 9.80 Å². The van der Waals surface area contributed by atoms with E-state index in [9.17, 15) is 0 Å². The standard InChI is InChI=1S/C66H47N3/c1-5-16-48(17-6-1)52-28-36-56(37-29-52)67(57-38-30-53(31-39-57)49-18-7-2-8-19-49)60-24-15-25-61(46-60)69-65-27-14-13-26-63(65)64-45-44-62(47-66(64)69)68(58-40-32-54(33-41-58)50-20-9-3-10-21-50)59-42-34-55(35-43-59)51-22-11-4-12-23-51/h1-47H. The fraction of sp³-hybridized carbons (Fsp3) is 0. The molecule has 0 radical (unpaired) electrons. The van der Waals surface area contributed by atoms with Crippen LogP contribution in [0.2, 0.25) is 0 Å². The molecule has 0 unspecified atom stereocenters. The van der Waals surface area contributed by atoms with E-state index in [-0.39, 0.29) is 0 Å². The maximum atomic E-state index is 2.43. The van der Waals surface area contributed by atoms with Gasteiger partial charge < -0.3 is 14.4 Å². The summed E-state index contributed by atoms with van der Waals surface area (Å²) in [4.78, 5) is 4.74. The van der Waals surface area contributed by atoms with Crippen molar-refractivity contribution < 1.29 is 0 Å². The number of para-hydroxylation sites is 1. The van der Waals surface area contributed by atoms with Crippen molar-refractivity contribution >= 4 is 55.9 Å². The molecule has 0 amide bonds. The Kier molecular flexibility index (Phi) is 10.9. The Labute approximate surface area is 403 Å². The van der Waals surface area contributed by atoms with Crippen molar-refractivity contribution in [2.24, 2.45) is 0 Å². The fourth-order valence-corrected chi connectivity index (χ4v) is 9.78. The van der Waals surface area contributed by atoms with Gasteiger partial charge >= 0.3 is 0 Å². The summed E-state index contributed by atoms with van der Waals surface area (Å²) in [5.41, 5.74) is 19.3. The normalized spacial score (nSPS) is 11.2. The van der Waals surface area contributed by atoms with Crippen molar-refractivity contribution in [3.8, 4) is 50.2 Å². The Bertz CT molecular complexity index is 3490. The first-order valence-corrected chi connectivity index (χ1v) is 23.6. The molecular formula is C66H47N3. The van der Waals surface area contributed by atoms with Crippen LogP contribution in [-0.4, -0.2) is 4.57 Å². The van der Waals surface area contributed by atoms with Gasteiger partial charge in [0.2, 0.25) is 0 Å². The second-order valence-electron chi connectivity index (χ2n) is 17.4. The minimum Gasteiger partial charge on any atom is -0.310 e. The predicted octanol–water partition coefficient (Wildman–Crippen LogP) is 18.4. The molecule has 12 aromatic rings. The molecule has 0 aliphatic rings. The molecule has 0 fully saturated rings. The second kappa shape index (κ2) is 18.2. The first-order valence-electron chi connectivity index (χ1n) is 23.6. The average Bonchev–Trinajstić information content (AvgIpc) is 3.76. The van der Waals surface area contributed by atoms with Gasteiger partial charge in [0.1, 0.15) is 0 Å². The Balaban J connectivity index is 0.992. The fourth-order valence-electron chi connectivity index (χ4n) is 9.78. The van der Waals surface area contributed by atoms with Crippen LogP contribution in [0.3, 0.4) is 0 Å². The summed E-state index contributed by atoms with van der Waals surface area (Å²) in [6.07, 6.45) is 0. The van der Waals surface area contributed by atoms with Crippen LogP contribution in [0.15, 0.2) is 285 Å². The minimum absolute atomic E-state index is 1.06. The monoisotopic (exact) mass is 881 g/mol. The van der Waals surface area contributed by atoms with Crippen molar-refractivity contribution in [3.05, 3.63) is 285 Å². The lowest BCUT2D eigenvalue weighted by Gasteiger charge is -2.27. The van der Waals surface area contributed by atoms with Crippen molar-refractivity contribution in [1.29, 1.82) is 0 Å². The smallest absolute Gasteiger partial charge is 0.0561 e. The van der Waals surface area contributed by atoms with Crippen LogP contribution >= 0.6 is 0 Å². The molecule has 1 aromatic heterocycles. The van der Waals surface area contributed by atoms with E-state index in [0.717, 1.165) is 50.8 Å². The predicted molar refractivity (Wildman–Crippen MR) is 292 cm³/mol.